The van der Waals surface area contributed by atoms with Crippen molar-refractivity contribution in [3.8, 4) is 11.5 Å². The van der Waals surface area contributed by atoms with E-state index in [0.717, 1.165) is 42.4 Å². The molecule has 0 amide bonds. The van der Waals surface area contributed by atoms with Gasteiger partial charge in [0.2, 0.25) is 0 Å². The SMILES string of the molecule is C=C(C)[C@@H]1CCC(C)C=C1c1c(O)cc(CCCCC)cc1O. The predicted molar refractivity (Wildman–Crippen MR) is 97.7 cm³/mol. The number of phenolic OH excluding ortho intramolecular Hbond substituents is 2. The summed E-state index contributed by atoms with van der Waals surface area (Å²) in [6.07, 6.45) is 8.66. The van der Waals surface area contributed by atoms with Crippen molar-refractivity contribution in [1.82, 2.24) is 0 Å². The van der Waals surface area contributed by atoms with Crippen LogP contribution in [0, 0.1) is 11.8 Å². The van der Waals surface area contributed by atoms with Gasteiger partial charge < -0.3 is 10.2 Å². The maximum absolute atomic E-state index is 10.5. The second-order valence-electron chi connectivity index (χ2n) is 7.04. The first-order valence-corrected chi connectivity index (χ1v) is 8.86. The van der Waals surface area contributed by atoms with Crippen molar-refractivity contribution in [3.63, 3.8) is 0 Å². The number of allylic oxidation sites excluding steroid dienone is 3. The zero-order valence-electron chi connectivity index (χ0n) is 14.7. The molecule has 0 bridgehead atoms. The highest BCUT2D eigenvalue weighted by Gasteiger charge is 2.26. The van der Waals surface area contributed by atoms with Crippen molar-refractivity contribution in [1.29, 1.82) is 0 Å². The van der Waals surface area contributed by atoms with E-state index in [1.54, 1.807) is 0 Å². The fourth-order valence-electron chi connectivity index (χ4n) is 3.55. The van der Waals surface area contributed by atoms with Gasteiger partial charge in [-0.15, -0.1) is 0 Å². The van der Waals surface area contributed by atoms with Crippen LogP contribution in [-0.2, 0) is 6.42 Å². The molecule has 0 fully saturated rings. The molecule has 1 aromatic rings. The molecule has 0 radical (unpaired) electrons. The van der Waals surface area contributed by atoms with Crippen LogP contribution in [0.4, 0.5) is 0 Å². The number of phenols is 2. The Bertz CT molecular complexity index is 575. The van der Waals surface area contributed by atoms with Crippen LogP contribution in [0.25, 0.3) is 5.57 Å². The first-order chi connectivity index (χ1) is 10.9. The number of rotatable bonds is 6. The van der Waals surface area contributed by atoms with Crippen molar-refractivity contribution < 1.29 is 10.2 Å². The van der Waals surface area contributed by atoms with Gasteiger partial charge in [0.05, 0.1) is 5.56 Å². The molecule has 1 aliphatic carbocycles. The van der Waals surface area contributed by atoms with Crippen LogP contribution >= 0.6 is 0 Å². The van der Waals surface area contributed by atoms with Gasteiger partial charge >= 0.3 is 0 Å². The lowest BCUT2D eigenvalue weighted by Crippen LogP contribution is -2.13. The Balaban J connectivity index is 2.36. The number of unbranched alkanes of at least 4 members (excludes halogenated alkanes) is 2. The Labute approximate surface area is 140 Å². The minimum Gasteiger partial charge on any atom is -0.507 e. The average Bonchev–Trinajstić information content (AvgIpc) is 2.46. The molecule has 0 aromatic heterocycles. The maximum Gasteiger partial charge on any atom is 0.127 e. The van der Waals surface area contributed by atoms with Crippen LogP contribution in [0.15, 0.2) is 30.4 Å². The summed E-state index contributed by atoms with van der Waals surface area (Å²) in [4.78, 5) is 0. The van der Waals surface area contributed by atoms with E-state index in [9.17, 15) is 10.2 Å². The third-order valence-electron chi connectivity index (χ3n) is 4.86. The summed E-state index contributed by atoms with van der Waals surface area (Å²) in [5.41, 5.74) is 3.73. The topological polar surface area (TPSA) is 40.5 Å². The molecular weight excluding hydrogens is 284 g/mol. The molecule has 2 nitrogen and oxygen atoms in total. The lowest BCUT2D eigenvalue weighted by Gasteiger charge is -2.29. The van der Waals surface area contributed by atoms with Gasteiger partial charge in [-0.05, 0) is 61.8 Å². The van der Waals surface area contributed by atoms with Crippen LogP contribution in [0.1, 0.15) is 64.0 Å². The minimum atomic E-state index is 0.197. The minimum absolute atomic E-state index is 0.197. The average molecular weight is 314 g/mol. The fourth-order valence-corrected chi connectivity index (χ4v) is 3.55. The third-order valence-corrected chi connectivity index (χ3v) is 4.86. The zero-order valence-corrected chi connectivity index (χ0v) is 14.7. The quantitative estimate of drug-likeness (QED) is 0.512. The molecule has 126 valence electrons. The second kappa shape index (κ2) is 7.72. The van der Waals surface area contributed by atoms with Gasteiger partial charge in [-0.2, -0.15) is 0 Å². The molecule has 1 aliphatic rings. The Hall–Kier alpha value is -1.70. The Morgan fingerprint density at radius 3 is 2.39 bits per heavy atom. The van der Waals surface area contributed by atoms with Gasteiger partial charge in [0, 0.05) is 5.92 Å². The van der Waals surface area contributed by atoms with Gasteiger partial charge in [0.15, 0.2) is 0 Å². The van der Waals surface area contributed by atoms with Crippen molar-refractivity contribution in [2.75, 3.05) is 0 Å². The first-order valence-electron chi connectivity index (χ1n) is 8.86. The Morgan fingerprint density at radius 2 is 1.83 bits per heavy atom. The zero-order chi connectivity index (χ0) is 17.0. The first kappa shape index (κ1) is 17.7. The molecule has 2 heteroatoms. The van der Waals surface area contributed by atoms with Gasteiger partial charge in [0.25, 0.3) is 0 Å². The summed E-state index contributed by atoms with van der Waals surface area (Å²) in [6, 6.07) is 3.64. The smallest absolute Gasteiger partial charge is 0.127 e. The molecule has 1 aromatic carbocycles. The highest BCUT2D eigenvalue weighted by atomic mass is 16.3. The van der Waals surface area contributed by atoms with Gasteiger partial charge in [-0.1, -0.05) is 44.9 Å². The molecule has 23 heavy (non-hydrogen) atoms. The molecule has 0 heterocycles. The van der Waals surface area contributed by atoms with Crippen molar-refractivity contribution in [2.45, 2.75) is 59.3 Å². The molecule has 0 spiro atoms. The molecule has 0 saturated heterocycles. The highest BCUT2D eigenvalue weighted by Crippen LogP contribution is 2.45. The van der Waals surface area contributed by atoms with Crippen LogP contribution < -0.4 is 0 Å². The molecule has 2 atom stereocenters. The Kier molecular flexibility index (Phi) is 5.92. The van der Waals surface area contributed by atoms with Crippen LogP contribution in [0.3, 0.4) is 0 Å². The summed E-state index contributed by atoms with van der Waals surface area (Å²) in [5, 5.41) is 21.1. The highest BCUT2D eigenvalue weighted by molar-refractivity contribution is 5.79. The number of hydrogen-bond acceptors (Lipinski definition) is 2. The number of aromatic hydroxyl groups is 2. The van der Waals surface area contributed by atoms with Gasteiger partial charge in [-0.25, -0.2) is 0 Å². The number of benzene rings is 1. The monoisotopic (exact) mass is 314 g/mol. The molecule has 2 N–H and O–H groups in total. The maximum atomic E-state index is 10.5. The van der Waals surface area contributed by atoms with E-state index in [-0.39, 0.29) is 17.4 Å². The fraction of sp³-hybridized carbons (Fsp3) is 0.524. The summed E-state index contributed by atoms with van der Waals surface area (Å²) in [6.45, 7) is 10.5. The second-order valence-corrected chi connectivity index (χ2v) is 7.04. The van der Waals surface area contributed by atoms with E-state index in [4.69, 9.17) is 0 Å². The number of aryl methyl sites for hydroxylation is 1. The predicted octanol–water partition coefficient (Wildman–Crippen LogP) is 5.84. The summed E-state index contributed by atoms with van der Waals surface area (Å²) in [5.74, 6) is 1.07. The lowest BCUT2D eigenvalue weighted by atomic mass is 9.76. The van der Waals surface area contributed by atoms with Crippen LogP contribution in [0.5, 0.6) is 11.5 Å². The summed E-state index contributed by atoms with van der Waals surface area (Å²) in [7, 11) is 0. The third kappa shape index (κ3) is 4.19. The van der Waals surface area contributed by atoms with E-state index in [1.165, 1.54) is 12.8 Å². The Morgan fingerprint density at radius 1 is 1.17 bits per heavy atom. The number of hydrogen-bond donors (Lipinski definition) is 2. The largest absolute Gasteiger partial charge is 0.507 e. The van der Waals surface area contributed by atoms with E-state index >= 15 is 0 Å². The van der Waals surface area contributed by atoms with E-state index in [1.807, 2.05) is 19.1 Å². The van der Waals surface area contributed by atoms with Crippen molar-refractivity contribution in [2.24, 2.45) is 11.8 Å². The van der Waals surface area contributed by atoms with Crippen LogP contribution in [-0.4, -0.2) is 10.2 Å². The van der Waals surface area contributed by atoms with Crippen molar-refractivity contribution in [3.05, 3.63) is 41.5 Å². The molecule has 0 saturated carbocycles. The van der Waals surface area contributed by atoms with E-state index in [2.05, 4.69) is 26.5 Å². The summed E-state index contributed by atoms with van der Waals surface area (Å²) < 4.78 is 0. The lowest BCUT2D eigenvalue weighted by molar-refractivity contribution is 0.441. The standard InChI is InChI=1S/C21H30O2/c1-5-6-7-8-16-12-19(22)21(20(23)13-16)18-11-15(4)9-10-17(18)14(2)3/h11-13,15,17,22-23H,2,5-10H2,1,3-4H3/t15?,17-/m0/s1. The van der Waals surface area contributed by atoms with E-state index < -0.39 is 0 Å². The summed E-state index contributed by atoms with van der Waals surface area (Å²) >= 11 is 0. The van der Waals surface area contributed by atoms with E-state index in [0.29, 0.717) is 11.5 Å². The molecular formula is C21H30O2. The normalized spacial score (nSPS) is 21.1. The van der Waals surface area contributed by atoms with Crippen molar-refractivity contribution >= 4 is 5.57 Å². The molecule has 2 rings (SSSR count). The molecule has 0 aliphatic heterocycles. The van der Waals surface area contributed by atoms with Crippen LogP contribution in [0.2, 0.25) is 0 Å². The van der Waals surface area contributed by atoms with Gasteiger partial charge in [-0.3, -0.25) is 0 Å². The van der Waals surface area contributed by atoms with Gasteiger partial charge in [0.1, 0.15) is 11.5 Å². The molecule has 1 unspecified atom stereocenters.